The van der Waals surface area contributed by atoms with E-state index in [0.29, 0.717) is 0 Å². The summed E-state index contributed by atoms with van der Waals surface area (Å²) in [6.07, 6.45) is 0. The molecule has 0 radical (unpaired) electrons. The van der Waals surface area contributed by atoms with Crippen molar-refractivity contribution in [1.29, 1.82) is 0 Å². The van der Waals surface area contributed by atoms with Crippen molar-refractivity contribution in [2.75, 3.05) is 5.75 Å². The molecule has 1 aromatic carbocycles. The van der Waals surface area contributed by atoms with Crippen LogP contribution in [0.2, 0.25) is 0 Å². The predicted molar refractivity (Wildman–Crippen MR) is 73.5 cm³/mol. The molecule has 0 bridgehead atoms. The van der Waals surface area contributed by atoms with Crippen LogP contribution in [0.1, 0.15) is 12.5 Å². The van der Waals surface area contributed by atoms with Crippen molar-refractivity contribution in [2.45, 2.75) is 19.6 Å². The SMILES string of the molecule is CC(C(=O)NOCc1ccccc1)N1C(=O)CSC1=O. The summed E-state index contributed by atoms with van der Waals surface area (Å²) in [6, 6.07) is 8.45. The maximum Gasteiger partial charge on any atom is 0.289 e. The molecule has 1 aliphatic heterocycles. The van der Waals surface area contributed by atoms with E-state index in [1.807, 2.05) is 30.3 Å². The zero-order valence-electron chi connectivity index (χ0n) is 10.9. The van der Waals surface area contributed by atoms with E-state index in [-0.39, 0.29) is 18.3 Å². The molecule has 0 aliphatic carbocycles. The second-order valence-electron chi connectivity index (χ2n) is 4.23. The summed E-state index contributed by atoms with van der Waals surface area (Å²) in [5.41, 5.74) is 3.16. The van der Waals surface area contributed by atoms with E-state index >= 15 is 0 Å². The van der Waals surface area contributed by atoms with Crippen molar-refractivity contribution in [2.24, 2.45) is 0 Å². The average molecular weight is 294 g/mol. The van der Waals surface area contributed by atoms with Crippen molar-refractivity contribution >= 4 is 28.8 Å². The van der Waals surface area contributed by atoms with Crippen molar-refractivity contribution in [3.8, 4) is 0 Å². The van der Waals surface area contributed by atoms with Crippen LogP contribution in [-0.4, -0.2) is 33.7 Å². The summed E-state index contributed by atoms with van der Waals surface area (Å²) in [5, 5.41) is -0.402. The summed E-state index contributed by atoms with van der Waals surface area (Å²) in [6.45, 7) is 1.71. The summed E-state index contributed by atoms with van der Waals surface area (Å²) in [5.74, 6) is -0.794. The highest BCUT2D eigenvalue weighted by Gasteiger charge is 2.37. The van der Waals surface area contributed by atoms with Gasteiger partial charge < -0.3 is 0 Å². The number of carbonyl (C=O) groups is 3. The summed E-state index contributed by atoms with van der Waals surface area (Å²) in [4.78, 5) is 40.8. The summed E-state index contributed by atoms with van der Waals surface area (Å²) >= 11 is 0.897. The zero-order valence-corrected chi connectivity index (χ0v) is 11.7. The van der Waals surface area contributed by atoms with E-state index < -0.39 is 17.2 Å². The van der Waals surface area contributed by atoms with Gasteiger partial charge in [0.05, 0.1) is 12.4 Å². The molecule has 1 aliphatic rings. The van der Waals surface area contributed by atoms with Crippen molar-refractivity contribution in [3.05, 3.63) is 35.9 Å². The monoisotopic (exact) mass is 294 g/mol. The maximum absolute atomic E-state index is 11.8. The van der Waals surface area contributed by atoms with Crippen molar-refractivity contribution in [1.82, 2.24) is 10.4 Å². The van der Waals surface area contributed by atoms with Gasteiger partial charge in [-0.2, -0.15) is 0 Å². The van der Waals surface area contributed by atoms with E-state index in [0.717, 1.165) is 22.2 Å². The van der Waals surface area contributed by atoms with Gasteiger partial charge in [-0.3, -0.25) is 24.1 Å². The first-order valence-electron chi connectivity index (χ1n) is 6.04. The van der Waals surface area contributed by atoms with Crippen molar-refractivity contribution < 1.29 is 19.2 Å². The van der Waals surface area contributed by atoms with E-state index in [1.54, 1.807) is 0 Å². The van der Waals surface area contributed by atoms with Crippen LogP contribution in [-0.2, 0) is 21.0 Å². The highest BCUT2D eigenvalue weighted by Crippen LogP contribution is 2.21. The van der Waals surface area contributed by atoms with Crippen LogP contribution in [0.3, 0.4) is 0 Å². The Morgan fingerprint density at radius 2 is 2.10 bits per heavy atom. The average Bonchev–Trinajstić information content (AvgIpc) is 2.78. The van der Waals surface area contributed by atoms with Crippen LogP contribution in [0.4, 0.5) is 4.79 Å². The molecule has 3 amide bonds. The fourth-order valence-corrected chi connectivity index (χ4v) is 2.49. The number of carbonyl (C=O) groups excluding carboxylic acids is 3. The highest BCUT2D eigenvalue weighted by molar-refractivity contribution is 8.14. The molecule has 6 nitrogen and oxygen atoms in total. The number of hydrogen-bond acceptors (Lipinski definition) is 5. The number of thioether (sulfide) groups is 1. The van der Waals surface area contributed by atoms with E-state index in [2.05, 4.69) is 5.48 Å². The molecular weight excluding hydrogens is 280 g/mol. The Morgan fingerprint density at radius 1 is 1.40 bits per heavy atom. The number of benzene rings is 1. The quantitative estimate of drug-likeness (QED) is 0.829. The first-order chi connectivity index (χ1) is 9.59. The molecule has 1 saturated heterocycles. The molecule has 2 rings (SSSR count). The van der Waals surface area contributed by atoms with Gasteiger partial charge in [0.25, 0.3) is 11.1 Å². The molecule has 7 heteroatoms. The first-order valence-corrected chi connectivity index (χ1v) is 7.02. The molecule has 0 aromatic heterocycles. The lowest BCUT2D eigenvalue weighted by molar-refractivity contribution is -0.142. The third kappa shape index (κ3) is 3.37. The third-order valence-electron chi connectivity index (χ3n) is 2.81. The summed E-state index contributed by atoms with van der Waals surface area (Å²) < 4.78 is 0. The van der Waals surface area contributed by atoms with E-state index in [4.69, 9.17) is 4.84 Å². The second kappa shape index (κ2) is 6.53. The molecule has 0 saturated carbocycles. The van der Waals surface area contributed by atoms with Gasteiger partial charge in [-0.05, 0) is 12.5 Å². The zero-order chi connectivity index (χ0) is 14.5. The Balaban J connectivity index is 1.82. The largest absolute Gasteiger partial charge is 0.289 e. The number of rotatable bonds is 5. The van der Waals surface area contributed by atoms with Gasteiger partial charge in [-0.25, -0.2) is 5.48 Å². The topological polar surface area (TPSA) is 75.7 Å². The number of amides is 3. The molecule has 1 atom stereocenters. The first kappa shape index (κ1) is 14.5. The molecule has 0 spiro atoms. The van der Waals surface area contributed by atoms with Crippen LogP contribution in [0.5, 0.6) is 0 Å². The summed E-state index contributed by atoms with van der Waals surface area (Å²) in [7, 11) is 0. The minimum atomic E-state index is -0.874. The van der Waals surface area contributed by atoms with E-state index in [9.17, 15) is 14.4 Å². The Bertz CT molecular complexity index is 504. The molecular formula is C13H14N2O4S. The van der Waals surface area contributed by atoms with Gasteiger partial charge in [0.1, 0.15) is 6.04 Å². The van der Waals surface area contributed by atoms with Crippen LogP contribution in [0.15, 0.2) is 30.3 Å². The third-order valence-corrected chi connectivity index (χ3v) is 3.64. The smallest absolute Gasteiger partial charge is 0.273 e. The molecule has 1 N–H and O–H groups in total. The van der Waals surface area contributed by atoms with Crippen molar-refractivity contribution in [3.63, 3.8) is 0 Å². The Kier molecular flexibility index (Phi) is 4.75. The van der Waals surface area contributed by atoms with Gasteiger partial charge in [0.15, 0.2) is 0 Å². The van der Waals surface area contributed by atoms with Crippen LogP contribution < -0.4 is 5.48 Å². The minimum absolute atomic E-state index is 0.0846. The molecule has 106 valence electrons. The van der Waals surface area contributed by atoms with Gasteiger partial charge in [0, 0.05) is 0 Å². The molecule has 1 fully saturated rings. The fourth-order valence-electron chi connectivity index (χ4n) is 1.71. The molecule has 1 unspecified atom stereocenters. The fraction of sp³-hybridized carbons (Fsp3) is 0.308. The number of hydroxylamine groups is 1. The van der Waals surface area contributed by atoms with Gasteiger partial charge >= 0.3 is 0 Å². The number of nitrogens with zero attached hydrogens (tertiary/aromatic N) is 1. The maximum atomic E-state index is 11.8. The predicted octanol–water partition coefficient (Wildman–Crippen LogP) is 1.32. The van der Waals surface area contributed by atoms with Gasteiger partial charge in [-0.1, -0.05) is 42.1 Å². The van der Waals surface area contributed by atoms with Gasteiger partial charge in [-0.15, -0.1) is 0 Å². The number of imide groups is 1. The minimum Gasteiger partial charge on any atom is -0.273 e. The number of nitrogens with one attached hydrogen (secondary N) is 1. The lowest BCUT2D eigenvalue weighted by Gasteiger charge is -2.20. The lowest BCUT2D eigenvalue weighted by atomic mass is 10.2. The highest BCUT2D eigenvalue weighted by atomic mass is 32.2. The van der Waals surface area contributed by atoms with Crippen LogP contribution in [0, 0.1) is 0 Å². The van der Waals surface area contributed by atoms with Crippen LogP contribution >= 0.6 is 11.8 Å². The van der Waals surface area contributed by atoms with Crippen LogP contribution in [0.25, 0.3) is 0 Å². The molecule has 20 heavy (non-hydrogen) atoms. The number of hydrogen-bond donors (Lipinski definition) is 1. The standard InChI is InChI=1S/C13H14N2O4S/c1-9(15-11(16)8-20-13(15)18)12(17)14-19-7-10-5-3-2-4-6-10/h2-6,9H,7-8H2,1H3,(H,14,17). The Hall–Kier alpha value is -1.86. The van der Waals surface area contributed by atoms with Gasteiger partial charge in [0.2, 0.25) is 5.91 Å². The normalized spacial score (nSPS) is 16.4. The molecule has 1 aromatic rings. The van der Waals surface area contributed by atoms with E-state index in [1.165, 1.54) is 6.92 Å². The Labute approximate surface area is 120 Å². The second-order valence-corrected chi connectivity index (χ2v) is 5.16. The Morgan fingerprint density at radius 3 is 2.70 bits per heavy atom. The molecule has 1 heterocycles. The lowest BCUT2D eigenvalue weighted by Crippen LogP contribution is -2.47.